The number of ether oxygens (including phenoxy) is 2. The smallest absolute Gasteiger partial charge is 0.326 e. The van der Waals surface area contributed by atoms with Gasteiger partial charge in [0.2, 0.25) is 0 Å². The molecule has 0 spiro atoms. The number of aliphatic carboxylic acids is 1. The third-order valence-corrected chi connectivity index (χ3v) is 2.37. The van der Waals surface area contributed by atoms with Crippen molar-refractivity contribution >= 4 is 11.7 Å². The predicted octanol–water partition coefficient (Wildman–Crippen LogP) is 0.784. The van der Waals surface area contributed by atoms with Crippen LogP contribution in [0, 0.1) is 10.1 Å². The number of nitro groups is 1. The average molecular weight is 270 g/mol. The van der Waals surface area contributed by atoms with Crippen molar-refractivity contribution in [2.45, 2.75) is 12.5 Å². The van der Waals surface area contributed by atoms with Crippen molar-refractivity contribution in [3.8, 4) is 11.5 Å². The maximum absolute atomic E-state index is 10.8. The van der Waals surface area contributed by atoms with Crippen molar-refractivity contribution < 1.29 is 24.3 Å². The fourth-order valence-electron chi connectivity index (χ4n) is 1.18. The summed E-state index contributed by atoms with van der Waals surface area (Å²) in [5, 5.41) is 19.5. The Morgan fingerprint density at radius 2 is 2.16 bits per heavy atom. The number of hydrogen-bond acceptors (Lipinski definition) is 6. The first kappa shape index (κ1) is 14.7. The van der Waals surface area contributed by atoms with Gasteiger partial charge in [0.05, 0.1) is 18.1 Å². The van der Waals surface area contributed by atoms with Crippen LogP contribution in [-0.2, 0) is 4.79 Å². The van der Waals surface area contributed by atoms with E-state index in [-0.39, 0.29) is 23.8 Å². The summed E-state index contributed by atoms with van der Waals surface area (Å²) in [5.41, 5.74) is 3.71. The van der Waals surface area contributed by atoms with E-state index >= 15 is 0 Å². The summed E-state index contributed by atoms with van der Waals surface area (Å²) in [6.07, 6.45) is 0. The molecule has 19 heavy (non-hydrogen) atoms. The van der Waals surface area contributed by atoms with E-state index in [1.54, 1.807) is 0 Å². The van der Waals surface area contributed by atoms with Crippen molar-refractivity contribution in [1.29, 1.82) is 0 Å². The Balaban J connectivity index is 2.96. The first-order valence-corrected chi connectivity index (χ1v) is 5.25. The van der Waals surface area contributed by atoms with E-state index in [4.69, 9.17) is 20.3 Å². The molecule has 1 aromatic rings. The monoisotopic (exact) mass is 270 g/mol. The molecule has 8 heteroatoms. The first-order chi connectivity index (χ1) is 8.77. The maximum atomic E-state index is 10.8. The average Bonchev–Trinajstić information content (AvgIpc) is 2.35. The van der Waals surface area contributed by atoms with Gasteiger partial charge < -0.3 is 20.3 Å². The Labute approximate surface area is 108 Å². The molecule has 0 fully saturated rings. The summed E-state index contributed by atoms with van der Waals surface area (Å²) in [6.45, 7) is 0.930. The molecule has 0 saturated carbocycles. The Kier molecular flexibility index (Phi) is 4.28. The molecule has 0 radical (unpaired) electrons. The minimum absolute atomic E-state index is 0.0645. The van der Waals surface area contributed by atoms with Crippen LogP contribution >= 0.6 is 0 Å². The Morgan fingerprint density at radius 3 is 2.63 bits per heavy atom. The van der Waals surface area contributed by atoms with Crippen LogP contribution in [-0.4, -0.2) is 35.3 Å². The van der Waals surface area contributed by atoms with Gasteiger partial charge in [0.25, 0.3) is 5.69 Å². The number of nitrogens with two attached hydrogens (primary N) is 1. The van der Waals surface area contributed by atoms with Crippen LogP contribution in [0.25, 0.3) is 0 Å². The van der Waals surface area contributed by atoms with Gasteiger partial charge in [-0.2, -0.15) is 0 Å². The summed E-state index contributed by atoms with van der Waals surface area (Å²) in [6, 6.07) is 3.77. The fourth-order valence-corrected chi connectivity index (χ4v) is 1.18. The van der Waals surface area contributed by atoms with Crippen molar-refractivity contribution in [1.82, 2.24) is 0 Å². The van der Waals surface area contributed by atoms with E-state index in [2.05, 4.69) is 0 Å². The maximum Gasteiger partial charge on any atom is 0.326 e. The summed E-state index contributed by atoms with van der Waals surface area (Å²) in [5.74, 6) is -0.918. The highest BCUT2D eigenvalue weighted by Crippen LogP contribution is 2.31. The zero-order chi connectivity index (χ0) is 14.6. The molecule has 8 nitrogen and oxygen atoms in total. The number of carboxylic acids is 1. The summed E-state index contributed by atoms with van der Waals surface area (Å²) >= 11 is 0. The van der Waals surface area contributed by atoms with Crippen molar-refractivity contribution in [3.63, 3.8) is 0 Å². The van der Waals surface area contributed by atoms with Crippen molar-refractivity contribution in [2.24, 2.45) is 5.73 Å². The lowest BCUT2D eigenvalue weighted by atomic mass is 10.1. The molecular formula is C11H14N2O6. The first-order valence-electron chi connectivity index (χ1n) is 5.25. The molecule has 1 rings (SSSR count). The van der Waals surface area contributed by atoms with Gasteiger partial charge >= 0.3 is 5.97 Å². The van der Waals surface area contributed by atoms with Crippen LogP contribution in [0.3, 0.4) is 0 Å². The predicted molar refractivity (Wildman–Crippen MR) is 65.4 cm³/mol. The second-order valence-electron chi connectivity index (χ2n) is 4.10. The number of nitrogens with zero attached hydrogens (tertiary/aromatic N) is 1. The minimum Gasteiger partial charge on any atom is -0.493 e. The highest BCUT2D eigenvalue weighted by Gasteiger charge is 2.29. The number of carbonyl (C=O) groups is 1. The number of methoxy groups -OCH3 is 1. The normalized spacial score (nSPS) is 13.4. The van der Waals surface area contributed by atoms with Gasteiger partial charge in [-0.25, -0.2) is 0 Å². The third-order valence-electron chi connectivity index (χ3n) is 2.37. The molecule has 0 aromatic heterocycles. The molecule has 1 unspecified atom stereocenters. The number of non-ortho nitro benzene ring substituents is 1. The Bertz CT molecular complexity index is 500. The molecule has 0 bridgehead atoms. The molecule has 1 aromatic carbocycles. The van der Waals surface area contributed by atoms with Crippen LogP contribution < -0.4 is 15.2 Å². The number of hydrogen-bond donors (Lipinski definition) is 2. The van der Waals surface area contributed by atoms with Gasteiger partial charge in [0, 0.05) is 6.07 Å². The lowest BCUT2D eigenvalue weighted by Crippen LogP contribution is -2.49. The van der Waals surface area contributed by atoms with E-state index in [1.807, 2.05) is 0 Å². The molecule has 0 amide bonds. The topological polar surface area (TPSA) is 125 Å². The fraction of sp³-hybridized carbons (Fsp3) is 0.364. The number of nitro benzene ring substituents is 1. The zero-order valence-electron chi connectivity index (χ0n) is 10.5. The molecule has 3 N–H and O–H groups in total. The van der Waals surface area contributed by atoms with Gasteiger partial charge in [-0.1, -0.05) is 0 Å². The highest BCUT2D eigenvalue weighted by atomic mass is 16.6. The zero-order valence-corrected chi connectivity index (χ0v) is 10.5. The third kappa shape index (κ3) is 3.55. The van der Waals surface area contributed by atoms with Crippen molar-refractivity contribution in [2.75, 3.05) is 13.7 Å². The summed E-state index contributed by atoms with van der Waals surface area (Å²) in [7, 11) is 1.37. The highest BCUT2D eigenvalue weighted by molar-refractivity contribution is 5.78. The molecule has 0 aliphatic heterocycles. The Hall–Kier alpha value is -2.35. The molecule has 1 atom stereocenters. The largest absolute Gasteiger partial charge is 0.493 e. The number of benzene rings is 1. The van der Waals surface area contributed by atoms with E-state index in [9.17, 15) is 14.9 Å². The van der Waals surface area contributed by atoms with Gasteiger partial charge in [0.15, 0.2) is 11.5 Å². The van der Waals surface area contributed by atoms with E-state index in [0.717, 1.165) is 6.07 Å². The number of rotatable bonds is 6. The molecular weight excluding hydrogens is 256 g/mol. The van der Waals surface area contributed by atoms with Crippen LogP contribution in [0.4, 0.5) is 5.69 Å². The SMILES string of the molecule is COc1ccc([N+](=O)[O-])cc1OCC(C)(N)C(=O)O. The van der Waals surface area contributed by atoms with Gasteiger partial charge in [-0.15, -0.1) is 0 Å². The second-order valence-corrected chi connectivity index (χ2v) is 4.10. The second kappa shape index (κ2) is 5.53. The molecule has 0 aliphatic carbocycles. The molecule has 104 valence electrons. The van der Waals surface area contributed by atoms with E-state index in [1.165, 1.54) is 26.2 Å². The Morgan fingerprint density at radius 1 is 1.53 bits per heavy atom. The van der Waals surface area contributed by atoms with Crippen LogP contribution in [0.5, 0.6) is 11.5 Å². The van der Waals surface area contributed by atoms with E-state index < -0.39 is 16.4 Å². The lowest BCUT2D eigenvalue weighted by molar-refractivity contribution is -0.385. The minimum atomic E-state index is -1.60. The van der Waals surface area contributed by atoms with Gasteiger partial charge in [0.1, 0.15) is 12.1 Å². The summed E-state index contributed by atoms with van der Waals surface area (Å²) < 4.78 is 10.2. The standard InChI is InChI=1S/C11H14N2O6/c1-11(12,10(14)15)6-19-9-5-7(13(16)17)3-4-8(9)18-2/h3-5H,6,12H2,1-2H3,(H,14,15). The molecule has 0 aliphatic rings. The van der Waals surface area contributed by atoms with Crippen molar-refractivity contribution in [3.05, 3.63) is 28.3 Å². The summed E-state index contributed by atoms with van der Waals surface area (Å²) in [4.78, 5) is 20.9. The molecule has 0 saturated heterocycles. The molecule has 0 heterocycles. The van der Waals surface area contributed by atoms with E-state index in [0.29, 0.717) is 0 Å². The van der Waals surface area contributed by atoms with Crippen LogP contribution in [0.2, 0.25) is 0 Å². The van der Waals surface area contributed by atoms with Crippen LogP contribution in [0.1, 0.15) is 6.92 Å². The van der Waals surface area contributed by atoms with Crippen LogP contribution in [0.15, 0.2) is 18.2 Å². The lowest BCUT2D eigenvalue weighted by Gasteiger charge is -2.20. The number of carboxylic acid groups (broad SMARTS) is 1. The quantitative estimate of drug-likeness (QED) is 0.578. The van der Waals surface area contributed by atoms with Gasteiger partial charge in [-0.05, 0) is 13.0 Å². The van der Waals surface area contributed by atoms with Gasteiger partial charge in [-0.3, -0.25) is 14.9 Å².